The number of anilines is 2. The molecule has 1 aromatic heterocycles. The first-order valence-corrected chi connectivity index (χ1v) is 7.73. The van der Waals surface area contributed by atoms with E-state index in [-0.39, 0.29) is 11.5 Å². The second-order valence-corrected chi connectivity index (χ2v) is 6.72. The molecular weight excluding hydrogens is 250 g/mol. The van der Waals surface area contributed by atoms with Crippen molar-refractivity contribution in [2.45, 2.75) is 51.7 Å². The van der Waals surface area contributed by atoms with Gasteiger partial charge in [-0.1, -0.05) is 13.8 Å². The summed E-state index contributed by atoms with van der Waals surface area (Å²) in [5.41, 5.74) is 1.00. The molecule has 4 heteroatoms. The number of aliphatic hydroxyl groups is 1. The van der Waals surface area contributed by atoms with Gasteiger partial charge in [-0.25, -0.2) is 4.98 Å². The van der Waals surface area contributed by atoms with Crippen molar-refractivity contribution in [1.82, 2.24) is 4.98 Å². The van der Waals surface area contributed by atoms with Crippen molar-refractivity contribution >= 4 is 11.5 Å². The summed E-state index contributed by atoms with van der Waals surface area (Å²) in [4.78, 5) is 6.95. The van der Waals surface area contributed by atoms with E-state index in [1.54, 1.807) is 0 Å². The average Bonchev–Trinajstić information content (AvgIpc) is 2.48. The Hall–Kier alpha value is -1.29. The lowest BCUT2D eigenvalue weighted by molar-refractivity contribution is -0.0510. The summed E-state index contributed by atoms with van der Waals surface area (Å²) in [6.07, 6.45) is 6.44. The Kier molecular flexibility index (Phi) is 3.59. The van der Waals surface area contributed by atoms with E-state index in [1.807, 2.05) is 6.20 Å². The summed E-state index contributed by atoms with van der Waals surface area (Å²) in [6, 6.07) is 4.55. The van der Waals surface area contributed by atoms with E-state index < -0.39 is 0 Å². The van der Waals surface area contributed by atoms with Crippen LogP contribution in [0.15, 0.2) is 18.3 Å². The molecular formula is C16H25N3O. The third kappa shape index (κ3) is 2.49. The number of nitrogens with one attached hydrogen (secondary N) is 1. The lowest BCUT2D eigenvalue weighted by atomic mass is 9.64. The van der Waals surface area contributed by atoms with Gasteiger partial charge >= 0.3 is 0 Å². The first-order chi connectivity index (χ1) is 9.57. The monoisotopic (exact) mass is 275 g/mol. The minimum absolute atomic E-state index is 0.0501. The molecule has 1 aliphatic carbocycles. The highest BCUT2D eigenvalue weighted by Gasteiger charge is 2.47. The second-order valence-electron chi connectivity index (χ2n) is 6.72. The highest BCUT2D eigenvalue weighted by atomic mass is 16.3. The van der Waals surface area contributed by atoms with Crippen LogP contribution < -0.4 is 10.2 Å². The van der Waals surface area contributed by atoms with Gasteiger partial charge in [0.15, 0.2) is 0 Å². The number of aliphatic hydroxyl groups excluding tert-OH is 1. The van der Waals surface area contributed by atoms with Gasteiger partial charge in [0.1, 0.15) is 5.82 Å². The molecule has 0 spiro atoms. The van der Waals surface area contributed by atoms with Crippen molar-refractivity contribution in [2.24, 2.45) is 5.41 Å². The number of aromatic nitrogens is 1. The van der Waals surface area contributed by atoms with E-state index in [0.29, 0.717) is 6.04 Å². The largest absolute Gasteiger partial charge is 0.392 e. The summed E-state index contributed by atoms with van der Waals surface area (Å²) in [7, 11) is 0. The first kappa shape index (κ1) is 13.7. The van der Waals surface area contributed by atoms with Gasteiger partial charge in [-0.15, -0.1) is 0 Å². The van der Waals surface area contributed by atoms with Gasteiger partial charge < -0.3 is 15.3 Å². The zero-order chi connectivity index (χ0) is 14.2. The van der Waals surface area contributed by atoms with Gasteiger partial charge in [-0.2, -0.15) is 0 Å². The predicted molar refractivity (Wildman–Crippen MR) is 82.1 cm³/mol. The van der Waals surface area contributed by atoms with Crippen molar-refractivity contribution in [3.05, 3.63) is 18.3 Å². The fourth-order valence-corrected chi connectivity index (χ4v) is 3.13. The van der Waals surface area contributed by atoms with Gasteiger partial charge in [0.2, 0.25) is 0 Å². The Morgan fingerprint density at radius 3 is 2.55 bits per heavy atom. The Balaban J connectivity index is 1.62. The van der Waals surface area contributed by atoms with Crippen molar-refractivity contribution in [3.63, 3.8) is 0 Å². The molecule has 0 radical (unpaired) electrons. The molecule has 1 saturated heterocycles. The minimum Gasteiger partial charge on any atom is -0.392 e. The number of nitrogens with zero attached hydrogens (tertiary/aromatic N) is 2. The van der Waals surface area contributed by atoms with Crippen molar-refractivity contribution in [2.75, 3.05) is 23.3 Å². The average molecular weight is 275 g/mol. The normalized spacial score (nSPS) is 28.9. The molecule has 2 unspecified atom stereocenters. The molecule has 0 bridgehead atoms. The van der Waals surface area contributed by atoms with Gasteiger partial charge in [-0.05, 0) is 37.8 Å². The molecule has 110 valence electrons. The van der Waals surface area contributed by atoms with Crippen LogP contribution in [0.5, 0.6) is 0 Å². The van der Waals surface area contributed by atoms with Crippen LogP contribution in [0.1, 0.15) is 39.5 Å². The smallest absolute Gasteiger partial charge is 0.128 e. The highest BCUT2D eigenvalue weighted by molar-refractivity contribution is 5.50. The third-order valence-corrected chi connectivity index (χ3v) is 4.98. The lowest BCUT2D eigenvalue weighted by Gasteiger charge is -2.49. The van der Waals surface area contributed by atoms with Gasteiger partial charge in [0.25, 0.3) is 0 Å². The van der Waals surface area contributed by atoms with Crippen LogP contribution in [-0.2, 0) is 0 Å². The number of hydrogen-bond acceptors (Lipinski definition) is 4. The molecule has 3 rings (SSSR count). The van der Waals surface area contributed by atoms with Gasteiger partial charge in [-0.3, -0.25) is 0 Å². The molecule has 2 atom stereocenters. The summed E-state index contributed by atoms with van der Waals surface area (Å²) in [6.45, 7) is 6.46. The maximum Gasteiger partial charge on any atom is 0.128 e. The molecule has 4 nitrogen and oxygen atoms in total. The molecule has 2 aliphatic rings. The Morgan fingerprint density at radius 2 is 2.00 bits per heavy atom. The maximum absolute atomic E-state index is 9.78. The Labute approximate surface area is 121 Å². The fourth-order valence-electron chi connectivity index (χ4n) is 3.13. The summed E-state index contributed by atoms with van der Waals surface area (Å²) in [5.74, 6) is 1.09. The van der Waals surface area contributed by atoms with E-state index in [1.165, 1.54) is 19.3 Å². The lowest BCUT2D eigenvalue weighted by Crippen LogP contribution is -2.56. The van der Waals surface area contributed by atoms with Gasteiger partial charge in [0.05, 0.1) is 18.0 Å². The molecule has 1 aromatic rings. The zero-order valence-corrected chi connectivity index (χ0v) is 12.5. The molecule has 1 aliphatic heterocycles. The van der Waals surface area contributed by atoms with E-state index in [4.69, 9.17) is 0 Å². The Morgan fingerprint density at radius 1 is 1.25 bits per heavy atom. The Bertz CT molecular complexity index is 451. The molecule has 2 N–H and O–H groups in total. The zero-order valence-electron chi connectivity index (χ0n) is 12.5. The molecule has 2 fully saturated rings. The van der Waals surface area contributed by atoms with E-state index >= 15 is 0 Å². The summed E-state index contributed by atoms with van der Waals surface area (Å²) < 4.78 is 0. The molecule has 0 amide bonds. The van der Waals surface area contributed by atoms with Crippen molar-refractivity contribution < 1.29 is 5.11 Å². The van der Waals surface area contributed by atoms with Crippen LogP contribution in [0.4, 0.5) is 11.5 Å². The maximum atomic E-state index is 9.78. The third-order valence-electron chi connectivity index (χ3n) is 4.98. The molecule has 0 aromatic carbocycles. The van der Waals surface area contributed by atoms with Crippen LogP contribution in [0.25, 0.3) is 0 Å². The molecule has 1 saturated carbocycles. The number of piperidine rings is 1. The van der Waals surface area contributed by atoms with Crippen LogP contribution in [0.2, 0.25) is 0 Å². The van der Waals surface area contributed by atoms with Crippen LogP contribution in [-0.4, -0.2) is 35.3 Å². The number of rotatable bonds is 3. The van der Waals surface area contributed by atoms with E-state index in [9.17, 15) is 5.11 Å². The van der Waals surface area contributed by atoms with Crippen LogP contribution in [0.3, 0.4) is 0 Å². The van der Waals surface area contributed by atoms with Crippen molar-refractivity contribution in [1.29, 1.82) is 0 Å². The van der Waals surface area contributed by atoms with Crippen LogP contribution in [0, 0.1) is 5.41 Å². The van der Waals surface area contributed by atoms with Crippen LogP contribution >= 0.6 is 0 Å². The number of hydrogen-bond donors (Lipinski definition) is 2. The topological polar surface area (TPSA) is 48.4 Å². The highest BCUT2D eigenvalue weighted by Crippen LogP contribution is 2.42. The summed E-state index contributed by atoms with van der Waals surface area (Å²) >= 11 is 0. The standard InChI is InChI=1S/C16H25N3O/c1-16(2)13(10-14(16)20)18-12-6-7-15(17-11-12)19-8-4-3-5-9-19/h6-7,11,13-14,18,20H,3-5,8-10H2,1-2H3. The quantitative estimate of drug-likeness (QED) is 0.890. The number of pyridine rings is 1. The minimum atomic E-state index is -0.194. The van der Waals surface area contributed by atoms with Crippen molar-refractivity contribution in [3.8, 4) is 0 Å². The molecule has 2 heterocycles. The van der Waals surface area contributed by atoms with Gasteiger partial charge in [0, 0.05) is 24.5 Å². The van der Waals surface area contributed by atoms with E-state index in [0.717, 1.165) is 31.0 Å². The summed E-state index contributed by atoms with van der Waals surface area (Å²) in [5, 5.41) is 13.3. The molecule has 20 heavy (non-hydrogen) atoms. The second kappa shape index (κ2) is 5.24. The fraction of sp³-hybridized carbons (Fsp3) is 0.688. The predicted octanol–water partition coefficient (Wildman–Crippen LogP) is 2.64. The van der Waals surface area contributed by atoms with E-state index in [2.05, 4.69) is 41.2 Å². The first-order valence-electron chi connectivity index (χ1n) is 7.73. The SMILES string of the molecule is CC1(C)C(O)CC1Nc1ccc(N2CCCCC2)nc1.